The third-order valence-electron chi connectivity index (χ3n) is 2.49. The van der Waals surface area contributed by atoms with Crippen LogP contribution < -0.4 is 5.73 Å². The van der Waals surface area contributed by atoms with Crippen molar-refractivity contribution >= 4 is 27.3 Å². The van der Waals surface area contributed by atoms with E-state index in [2.05, 4.69) is 15.9 Å². The van der Waals surface area contributed by atoms with Gasteiger partial charge >= 0.3 is 0 Å². The first-order chi connectivity index (χ1) is 7.61. The summed E-state index contributed by atoms with van der Waals surface area (Å²) in [5.74, 6) is -0.269. The number of thiophene rings is 1. The van der Waals surface area contributed by atoms with E-state index in [-0.39, 0.29) is 5.82 Å². The Morgan fingerprint density at radius 1 is 1.38 bits per heavy atom. The van der Waals surface area contributed by atoms with Gasteiger partial charge in [0.2, 0.25) is 0 Å². The van der Waals surface area contributed by atoms with Gasteiger partial charge in [-0.2, -0.15) is 0 Å². The zero-order chi connectivity index (χ0) is 11.7. The lowest BCUT2D eigenvalue weighted by molar-refractivity contribution is 0.599. The molecule has 0 amide bonds. The van der Waals surface area contributed by atoms with Gasteiger partial charge in [-0.05, 0) is 36.1 Å². The van der Waals surface area contributed by atoms with Crippen LogP contribution in [0.4, 0.5) is 4.39 Å². The predicted molar refractivity (Wildman–Crippen MR) is 69.2 cm³/mol. The number of aryl methyl sites for hydroxylation is 1. The molecule has 1 aromatic carbocycles. The third-order valence-corrected chi connectivity index (χ3v) is 4.29. The summed E-state index contributed by atoms with van der Waals surface area (Å²) in [5.41, 5.74) is 7.73. The molecule has 2 rings (SSSR count). The van der Waals surface area contributed by atoms with Crippen LogP contribution in [0.5, 0.6) is 0 Å². The van der Waals surface area contributed by atoms with Crippen molar-refractivity contribution in [1.29, 1.82) is 0 Å². The number of hydrogen-bond donors (Lipinski definition) is 1. The molecule has 4 heteroatoms. The molecule has 1 unspecified atom stereocenters. The Labute approximate surface area is 106 Å². The highest BCUT2D eigenvalue weighted by atomic mass is 79.9. The molecule has 16 heavy (non-hydrogen) atoms. The Hall–Kier alpha value is -0.710. The second-order valence-corrected chi connectivity index (χ2v) is 5.38. The second-order valence-electron chi connectivity index (χ2n) is 3.58. The van der Waals surface area contributed by atoms with E-state index in [9.17, 15) is 4.39 Å². The van der Waals surface area contributed by atoms with Crippen molar-refractivity contribution in [3.05, 3.63) is 55.9 Å². The van der Waals surface area contributed by atoms with Gasteiger partial charge in [0.05, 0.1) is 6.04 Å². The van der Waals surface area contributed by atoms with Crippen LogP contribution in [0.15, 0.2) is 34.1 Å². The van der Waals surface area contributed by atoms with Gasteiger partial charge in [-0.1, -0.05) is 22.0 Å². The zero-order valence-corrected chi connectivity index (χ0v) is 11.1. The van der Waals surface area contributed by atoms with Gasteiger partial charge in [0.1, 0.15) is 5.82 Å². The van der Waals surface area contributed by atoms with Crippen LogP contribution in [-0.4, -0.2) is 0 Å². The van der Waals surface area contributed by atoms with Gasteiger partial charge < -0.3 is 5.73 Å². The van der Waals surface area contributed by atoms with E-state index in [4.69, 9.17) is 5.73 Å². The lowest BCUT2D eigenvalue weighted by atomic mass is 10.0. The highest BCUT2D eigenvalue weighted by Gasteiger charge is 2.19. The Morgan fingerprint density at radius 2 is 2.12 bits per heavy atom. The first-order valence-corrected chi connectivity index (χ1v) is 6.52. The molecule has 1 aromatic heterocycles. The summed E-state index contributed by atoms with van der Waals surface area (Å²) in [6.45, 7) is 1.99. The molecular formula is C12H11BrFNS. The molecule has 0 aliphatic rings. The van der Waals surface area contributed by atoms with Crippen molar-refractivity contribution in [3.8, 4) is 0 Å². The molecule has 0 aliphatic carbocycles. The molecule has 0 radical (unpaired) electrons. The molecule has 0 fully saturated rings. The van der Waals surface area contributed by atoms with E-state index in [1.165, 1.54) is 6.07 Å². The van der Waals surface area contributed by atoms with Crippen molar-refractivity contribution in [2.45, 2.75) is 13.0 Å². The van der Waals surface area contributed by atoms with Gasteiger partial charge in [0, 0.05) is 14.9 Å². The second kappa shape index (κ2) is 4.65. The topological polar surface area (TPSA) is 26.0 Å². The summed E-state index contributed by atoms with van der Waals surface area (Å²) < 4.78 is 14.4. The van der Waals surface area contributed by atoms with E-state index < -0.39 is 6.04 Å². The number of rotatable bonds is 2. The highest BCUT2D eigenvalue weighted by Crippen LogP contribution is 2.33. The molecule has 0 saturated heterocycles. The molecule has 1 nitrogen and oxygen atoms in total. The molecule has 2 N–H and O–H groups in total. The summed E-state index contributed by atoms with van der Waals surface area (Å²) in [6.07, 6.45) is 0. The Kier molecular flexibility index (Phi) is 3.42. The maximum atomic E-state index is 13.7. The Bertz CT molecular complexity index is 489. The molecule has 1 atom stereocenters. The standard InChI is InChI=1S/C12H11BrFNS/c1-7-5-6-16-12(7)11(15)10-8(13)3-2-4-9(10)14/h2-6,11H,15H2,1H3. The van der Waals surface area contributed by atoms with Gasteiger partial charge in [0.15, 0.2) is 0 Å². The van der Waals surface area contributed by atoms with E-state index in [1.807, 2.05) is 18.4 Å². The minimum absolute atomic E-state index is 0.269. The van der Waals surface area contributed by atoms with Crippen molar-refractivity contribution in [3.63, 3.8) is 0 Å². The summed E-state index contributed by atoms with van der Waals surface area (Å²) >= 11 is 4.90. The number of nitrogens with two attached hydrogens (primary N) is 1. The molecular weight excluding hydrogens is 289 g/mol. The SMILES string of the molecule is Cc1ccsc1C(N)c1c(F)cccc1Br. The number of halogens is 2. The van der Waals surface area contributed by atoms with Crippen molar-refractivity contribution in [2.24, 2.45) is 5.73 Å². The third kappa shape index (κ3) is 2.05. The summed E-state index contributed by atoms with van der Waals surface area (Å²) in [7, 11) is 0. The lowest BCUT2D eigenvalue weighted by Crippen LogP contribution is -2.13. The van der Waals surface area contributed by atoms with Crippen LogP contribution in [0.1, 0.15) is 22.0 Å². The van der Waals surface area contributed by atoms with Crippen LogP contribution >= 0.6 is 27.3 Å². The average molecular weight is 300 g/mol. The van der Waals surface area contributed by atoms with Crippen LogP contribution in [0.3, 0.4) is 0 Å². The molecule has 2 aromatic rings. The van der Waals surface area contributed by atoms with Gasteiger partial charge in [0.25, 0.3) is 0 Å². The number of benzene rings is 1. The lowest BCUT2D eigenvalue weighted by Gasteiger charge is -2.14. The molecule has 0 bridgehead atoms. The van der Waals surface area contributed by atoms with Gasteiger partial charge in [-0.15, -0.1) is 11.3 Å². The van der Waals surface area contributed by atoms with Crippen LogP contribution in [0.2, 0.25) is 0 Å². The monoisotopic (exact) mass is 299 g/mol. The summed E-state index contributed by atoms with van der Waals surface area (Å²) in [4.78, 5) is 1.01. The maximum absolute atomic E-state index is 13.7. The smallest absolute Gasteiger partial charge is 0.129 e. The fourth-order valence-electron chi connectivity index (χ4n) is 1.64. The van der Waals surface area contributed by atoms with E-state index in [0.29, 0.717) is 10.0 Å². The van der Waals surface area contributed by atoms with Crippen LogP contribution in [0.25, 0.3) is 0 Å². The van der Waals surface area contributed by atoms with Crippen LogP contribution in [0, 0.1) is 12.7 Å². The molecule has 0 saturated carbocycles. The predicted octanol–water partition coefficient (Wildman–Crippen LogP) is 4.01. The Balaban J connectivity index is 2.49. The molecule has 0 spiro atoms. The van der Waals surface area contributed by atoms with Gasteiger partial charge in [-0.3, -0.25) is 0 Å². The summed E-state index contributed by atoms with van der Waals surface area (Å²) in [6, 6.07) is 6.49. The fourth-order valence-corrected chi connectivity index (χ4v) is 3.17. The van der Waals surface area contributed by atoms with Crippen molar-refractivity contribution < 1.29 is 4.39 Å². The largest absolute Gasteiger partial charge is 0.319 e. The summed E-state index contributed by atoms with van der Waals surface area (Å²) in [5, 5.41) is 1.97. The van der Waals surface area contributed by atoms with Gasteiger partial charge in [-0.25, -0.2) is 4.39 Å². The van der Waals surface area contributed by atoms with E-state index in [1.54, 1.807) is 23.5 Å². The molecule has 84 valence electrons. The average Bonchev–Trinajstić information content (AvgIpc) is 2.64. The van der Waals surface area contributed by atoms with Crippen LogP contribution in [-0.2, 0) is 0 Å². The van der Waals surface area contributed by atoms with Crippen molar-refractivity contribution in [2.75, 3.05) is 0 Å². The minimum atomic E-state index is -0.407. The first kappa shape index (κ1) is 11.8. The normalized spacial score (nSPS) is 12.8. The quantitative estimate of drug-likeness (QED) is 0.891. The van der Waals surface area contributed by atoms with Crippen molar-refractivity contribution in [1.82, 2.24) is 0 Å². The van der Waals surface area contributed by atoms with E-state index in [0.717, 1.165) is 10.4 Å². The first-order valence-electron chi connectivity index (χ1n) is 4.84. The zero-order valence-electron chi connectivity index (χ0n) is 8.71. The fraction of sp³-hybridized carbons (Fsp3) is 0.167. The Morgan fingerprint density at radius 3 is 2.69 bits per heavy atom. The number of hydrogen-bond acceptors (Lipinski definition) is 2. The molecule has 1 heterocycles. The highest BCUT2D eigenvalue weighted by molar-refractivity contribution is 9.10. The molecule has 0 aliphatic heterocycles. The van der Waals surface area contributed by atoms with E-state index >= 15 is 0 Å². The minimum Gasteiger partial charge on any atom is -0.319 e. The maximum Gasteiger partial charge on any atom is 0.129 e.